The molecule has 0 saturated carbocycles. The van der Waals surface area contributed by atoms with E-state index in [1.54, 1.807) is 29.2 Å². The molecule has 226 valence electrons. The number of carbonyl (C=O) groups excluding carboxylic acids is 2. The fourth-order valence-electron chi connectivity index (χ4n) is 4.85. The van der Waals surface area contributed by atoms with Crippen molar-refractivity contribution in [1.29, 1.82) is 0 Å². The zero-order valence-electron chi connectivity index (χ0n) is 24.6. The molecule has 0 radical (unpaired) electrons. The Balaban J connectivity index is 1.46. The van der Waals surface area contributed by atoms with Gasteiger partial charge in [0.2, 0.25) is 10.0 Å². The number of hydrogen-bond donors (Lipinski definition) is 1. The number of piperidine rings is 1. The lowest BCUT2D eigenvalue weighted by molar-refractivity contribution is -0.142. The molecule has 1 aliphatic rings. The summed E-state index contributed by atoms with van der Waals surface area (Å²) in [6, 6.07) is 15.1. The highest BCUT2D eigenvalue weighted by Crippen LogP contribution is 2.25. The van der Waals surface area contributed by atoms with Crippen LogP contribution in [0.15, 0.2) is 54.6 Å². The second kappa shape index (κ2) is 15.2. The van der Waals surface area contributed by atoms with E-state index in [2.05, 4.69) is 4.72 Å². The van der Waals surface area contributed by atoms with Gasteiger partial charge >= 0.3 is 12.1 Å². The molecule has 1 N–H and O–H groups in total. The van der Waals surface area contributed by atoms with Crippen LogP contribution in [-0.2, 0) is 36.5 Å². The van der Waals surface area contributed by atoms with E-state index in [0.717, 1.165) is 50.8 Å². The number of rotatable bonds is 13. The molecule has 1 aliphatic heterocycles. The first kappa shape index (κ1) is 32.4. The van der Waals surface area contributed by atoms with Crippen LogP contribution in [-0.4, -0.2) is 63.8 Å². The Morgan fingerprint density at radius 2 is 1.66 bits per heavy atom. The SMILES string of the molecule is COC(=O)C(Cc1ccccc1OCCCCC1CCN(C(=O)OC(C)(C)C)CC1)NS(=O)(=O)Cc1ccccc1. The molecule has 10 heteroatoms. The monoisotopic (exact) mass is 588 g/mol. The standard InChI is InChI=1S/C31H44N2O7S/c1-31(2,3)40-30(35)33-19-17-24(18-20-33)12-10-11-21-39-28-16-9-8-15-26(28)22-27(29(34)38-4)32-41(36,37)23-25-13-6-5-7-14-25/h5-9,13-16,24,27,32H,10-12,17-23H2,1-4H3. The van der Waals surface area contributed by atoms with Gasteiger partial charge in [-0.3, -0.25) is 4.79 Å². The lowest BCUT2D eigenvalue weighted by Crippen LogP contribution is -2.43. The smallest absolute Gasteiger partial charge is 0.410 e. The average Bonchev–Trinajstić information content (AvgIpc) is 2.92. The predicted molar refractivity (Wildman–Crippen MR) is 158 cm³/mol. The van der Waals surface area contributed by atoms with E-state index >= 15 is 0 Å². The van der Waals surface area contributed by atoms with Crippen molar-refractivity contribution in [1.82, 2.24) is 9.62 Å². The molecule has 1 atom stereocenters. The highest BCUT2D eigenvalue weighted by Gasteiger charge is 2.28. The second-order valence-corrected chi connectivity index (χ2v) is 13.3. The van der Waals surface area contributed by atoms with Gasteiger partial charge in [0.25, 0.3) is 0 Å². The molecule has 9 nitrogen and oxygen atoms in total. The molecule has 2 aromatic rings. The molecule has 1 amide bonds. The quantitative estimate of drug-likeness (QED) is 0.256. The third kappa shape index (κ3) is 11.4. The first-order chi connectivity index (χ1) is 19.5. The number of esters is 1. The minimum Gasteiger partial charge on any atom is -0.493 e. The number of hydrogen-bond acceptors (Lipinski definition) is 7. The van der Waals surface area contributed by atoms with Crippen molar-refractivity contribution in [3.63, 3.8) is 0 Å². The summed E-state index contributed by atoms with van der Waals surface area (Å²) in [5.74, 6) is 0.300. The van der Waals surface area contributed by atoms with Crippen molar-refractivity contribution in [3.05, 3.63) is 65.7 Å². The summed E-state index contributed by atoms with van der Waals surface area (Å²) < 4.78 is 44.6. The van der Waals surface area contributed by atoms with Crippen molar-refractivity contribution >= 4 is 22.1 Å². The highest BCUT2D eigenvalue weighted by atomic mass is 32.2. The third-order valence-electron chi connectivity index (χ3n) is 6.93. The van der Waals surface area contributed by atoms with Gasteiger partial charge in [-0.1, -0.05) is 55.0 Å². The molecule has 3 rings (SSSR count). The van der Waals surface area contributed by atoms with Crippen LogP contribution in [0.4, 0.5) is 4.79 Å². The van der Waals surface area contributed by atoms with Crippen LogP contribution >= 0.6 is 0 Å². The molecule has 0 aliphatic carbocycles. The number of nitrogens with one attached hydrogen (secondary N) is 1. The number of para-hydroxylation sites is 1. The number of benzene rings is 2. The summed E-state index contributed by atoms with van der Waals surface area (Å²) in [5.41, 5.74) is 0.865. The van der Waals surface area contributed by atoms with Gasteiger partial charge in [0.05, 0.1) is 19.5 Å². The number of methoxy groups -OCH3 is 1. The van der Waals surface area contributed by atoms with Crippen LogP contribution in [0.5, 0.6) is 5.75 Å². The lowest BCUT2D eigenvalue weighted by atomic mass is 9.92. The number of likely N-dealkylation sites (tertiary alicyclic amines) is 1. The van der Waals surface area contributed by atoms with Gasteiger partial charge < -0.3 is 19.1 Å². The van der Waals surface area contributed by atoms with Crippen LogP contribution in [0.2, 0.25) is 0 Å². The molecule has 0 bridgehead atoms. The van der Waals surface area contributed by atoms with E-state index in [4.69, 9.17) is 14.2 Å². The minimum absolute atomic E-state index is 0.104. The summed E-state index contributed by atoms with van der Waals surface area (Å²) in [6.07, 6.45) is 4.75. The van der Waals surface area contributed by atoms with Gasteiger partial charge in [0.15, 0.2) is 0 Å². The molecular weight excluding hydrogens is 544 g/mol. The zero-order chi connectivity index (χ0) is 29.9. The van der Waals surface area contributed by atoms with Crippen molar-refractivity contribution in [2.45, 2.75) is 76.7 Å². The summed E-state index contributed by atoms with van der Waals surface area (Å²) in [6.45, 7) is 7.59. The van der Waals surface area contributed by atoms with Crippen LogP contribution in [0.1, 0.15) is 64.0 Å². The normalized spacial score (nSPS) is 15.3. The van der Waals surface area contributed by atoms with Gasteiger partial charge in [-0.15, -0.1) is 0 Å². The Morgan fingerprint density at radius 3 is 2.32 bits per heavy atom. The molecular formula is C31H44N2O7S. The van der Waals surface area contributed by atoms with E-state index in [0.29, 0.717) is 23.8 Å². The van der Waals surface area contributed by atoms with E-state index in [1.807, 2.05) is 51.1 Å². The van der Waals surface area contributed by atoms with E-state index in [-0.39, 0.29) is 18.3 Å². The lowest BCUT2D eigenvalue weighted by Gasteiger charge is -2.33. The Bertz CT molecular complexity index is 1220. The maximum atomic E-state index is 12.8. The molecule has 41 heavy (non-hydrogen) atoms. The van der Waals surface area contributed by atoms with E-state index < -0.39 is 27.6 Å². The molecule has 0 spiro atoms. The third-order valence-corrected chi connectivity index (χ3v) is 8.29. The predicted octanol–water partition coefficient (Wildman–Crippen LogP) is 5.09. The van der Waals surface area contributed by atoms with Gasteiger partial charge in [-0.05, 0) is 69.6 Å². The van der Waals surface area contributed by atoms with Gasteiger partial charge in [0.1, 0.15) is 17.4 Å². The number of carbonyl (C=O) groups is 2. The van der Waals surface area contributed by atoms with Gasteiger partial charge in [0, 0.05) is 19.5 Å². The fraction of sp³-hybridized carbons (Fsp3) is 0.548. The van der Waals surface area contributed by atoms with Crippen LogP contribution in [0.25, 0.3) is 0 Å². The van der Waals surface area contributed by atoms with E-state index in [1.165, 1.54) is 7.11 Å². The zero-order valence-corrected chi connectivity index (χ0v) is 25.5. The summed E-state index contributed by atoms with van der Waals surface area (Å²) in [4.78, 5) is 26.6. The summed E-state index contributed by atoms with van der Waals surface area (Å²) >= 11 is 0. The number of amides is 1. The van der Waals surface area contributed by atoms with Crippen molar-refractivity contribution in [2.75, 3.05) is 26.8 Å². The van der Waals surface area contributed by atoms with Crippen molar-refractivity contribution in [3.8, 4) is 5.75 Å². The first-order valence-corrected chi connectivity index (χ1v) is 15.9. The molecule has 1 heterocycles. The topological polar surface area (TPSA) is 111 Å². The van der Waals surface area contributed by atoms with Gasteiger partial charge in [-0.25, -0.2) is 17.9 Å². The average molecular weight is 589 g/mol. The highest BCUT2D eigenvalue weighted by molar-refractivity contribution is 7.88. The number of nitrogens with zero attached hydrogens (tertiary/aromatic N) is 1. The Labute approximate surface area is 244 Å². The summed E-state index contributed by atoms with van der Waals surface area (Å²) in [5, 5.41) is 0. The maximum Gasteiger partial charge on any atom is 0.410 e. The maximum absolute atomic E-state index is 12.8. The molecule has 0 aromatic heterocycles. The Kier molecular flexibility index (Phi) is 12.0. The van der Waals surface area contributed by atoms with E-state index in [9.17, 15) is 18.0 Å². The first-order valence-electron chi connectivity index (χ1n) is 14.3. The van der Waals surface area contributed by atoms with Gasteiger partial charge in [-0.2, -0.15) is 0 Å². The van der Waals surface area contributed by atoms with Crippen LogP contribution in [0.3, 0.4) is 0 Å². The molecule has 2 aromatic carbocycles. The number of ether oxygens (including phenoxy) is 3. The van der Waals surface area contributed by atoms with Crippen LogP contribution < -0.4 is 9.46 Å². The largest absolute Gasteiger partial charge is 0.493 e. The molecule has 1 saturated heterocycles. The minimum atomic E-state index is -3.79. The molecule has 1 unspecified atom stereocenters. The molecule has 1 fully saturated rings. The van der Waals surface area contributed by atoms with Crippen molar-refractivity contribution in [2.24, 2.45) is 5.92 Å². The Morgan fingerprint density at radius 1 is 1.00 bits per heavy atom. The Hall–Kier alpha value is -3.11. The summed E-state index contributed by atoms with van der Waals surface area (Å²) in [7, 11) is -2.55. The number of unbranched alkanes of at least 4 members (excludes halogenated alkanes) is 1. The second-order valence-electron chi connectivity index (χ2n) is 11.5. The van der Waals surface area contributed by atoms with Crippen LogP contribution in [0, 0.1) is 5.92 Å². The number of sulfonamides is 1. The fourth-order valence-corrected chi connectivity index (χ4v) is 6.18. The van der Waals surface area contributed by atoms with Crippen molar-refractivity contribution < 1.29 is 32.2 Å².